The Kier molecular flexibility index (Phi) is 9.11. The Morgan fingerprint density at radius 2 is 2.08 bits per heavy atom. The van der Waals surface area contributed by atoms with Gasteiger partial charge >= 0.3 is 12.1 Å². The van der Waals surface area contributed by atoms with E-state index in [0.29, 0.717) is 11.3 Å². The van der Waals surface area contributed by atoms with Gasteiger partial charge in [0.05, 0.1) is 13.7 Å². The molecule has 2 aliphatic heterocycles. The van der Waals surface area contributed by atoms with Crippen LogP contribution in [0.4, 0.5) is 9.93 Å². The van der Waals surface area contributed by atoms with Crippen LogP contribution in [0, 0.1) is 0 Å². The van der Waals surface area contributed by atoms with Crippen LogP contribution in [0.1, 0.15) is 19.5 Å². The summed E-state index contributed by atoms with van der Waals surface area (Å²) in [5.41, 5.74) is 6.20. The number of hydrogen-bond donors (Lipinski definition) is 2. The van der Waals surface area contributed by atoms with Gasteiger partial charge in [-0.25, -0.2) is 14.6 Å². The Labute approximate surface area is 214 Å². The van der Waals surface area contributed by atoms with Crippen LogP contribution in [0.15, 0.2) is 21.8 Å². The molecule has 1 fully saturated rings. The predicted molar refractivity (Wildman–Crippen MR) is 128 cm³/mol. The first-order valence-electron chi connectivity index (χ1n) is 10.5. The van der Waals surface area contributed by atoms with Crippen LogP contribution in [0.25, 0.3) is 0 Å². The number of thiazole rings is 1. The third kappa shape index (κ3) is 5.88. The normalized spacial score (nSPS) is 20.2. The summed E-state index contributed by atoms with van der Waals surface area (Å²) < 4.78 is 19.5. The molecule has 196 valence electrons. The summed E-state index contributed by atoms with van der Waals surface area (Å²) in [6.45, 7) is 3.29. The summed E-state index contributed by atoms with van der Waals surface area (Å²) in [6, 6.07) is -0.957. The molecule has 2 amide bonds. The van der Waals surface area contributed by atoms with Crippen LogP contribution in [-0.4, -0.2) is 90.4 Å². The van der Waals surface area contributed by atoms with Crippen molar-refractivity contribution in [2.75, 3.05) is 38.9 Å². The molecule has 0 aromatic carbocycles. The zero-order chi connectivity index (χ0) is 26.4. The van der Waals surface area contributed by atoms with Crippen LogP contribution >= 0.6 is 23.1 Å². The van der Waals surface area contributed by atoms with E-state index in [-0.39, 0.29) is 35.4 Å². The summed E-state index contributed by atoms with van der Waals surface area (Å²) in [6.07, 6.45) is -2.31. The van der Waals surface area contributed by atoms with Gasteiger partial charge < -0.3 is 34.8 Å². The van der Waals surface area contributed by atoms with Crippen molar-refractivity contribution in [2.24, 2.45) is 5.16 Å². The van der Waals surface area contributed by atoms with E-state index in [9.17, 15) is 19.2 Å². The fourth-order valence-corrected chi connectivity index (χ4v) is 5.19. The molecule has 1 aromatic rings. The number of oxime groups is 1. The molecule has 2 unspecified atom stereocenters. The number of nitrogens with one attached hydrogen (secondary N) is 1. The minimum atomic E-state index is -1.27. The first kappa shape index (κ1) is 27.2. The fourth-order valence-electron chi connectivity index (χ4n) is 3.31. The highest BCUT2D eigenvalue weighted by Crippen LogP contribution is 2.41. The van der Waals surface area contributed by atoms with Gasteiger partial charge in [-0.15, -0.1) is 23.1 Å². The molecule has 16 heteroatoms. The number of anilines is 1. The molecule has 2 aliphatic rings. The number of esters is 1. The first-order chi connectivity index (χ1) is 17.2. The second kappa shape index (κ2) is 12.0. The molecular weight excluding hydrogens is 518 g/mol. The number of β-lactam (4-membered cyclic amide) rings is 1. The van der Waals surface area contributed by atoms with Crippen molar-refractivity contribution < 1.29 is 43.0 Å². The lowest BCUT2D eigenvalue weighted by atomic mass is 10.0. The molecule has 1 saturated heterocycles. The van der Waals surface area contributed by atoms with Gasteiger partial charge in [0.2, 0.25) is 6.29 Å². The summed E-state index contributed by atoms with van der Waals surface area (Å²) >= 11 is 2.45. The second-order valence-electron chi connectivity index (χ2n) is 7.22. The van der Waals surface area contributed by atoms with Crippen molar-refractivity contribution in [3.05, 3.63) is 22.3 Å². The number of methoxy groups -OCH3 is 2. The maximum atomic E-state index is 13.1. The highest BCUT2D eigenvalue weighted by molar-refractivity contribution is 8.00. The van der Waals surface area contributed by atoms with Gasteiger partial charge in [0.1, 0.15) is 29.4 Å². The minimum absolute atomic E-state index is 0.0353. The number of amides is 2. The molecule has 0 bridgehead atoms. The third-order valence-electron chi connectivity index (χ3n) is 4.81. The standard InChI is InChI=1S/C20H25N5O9S2/c1-5-32-24-12(11-8-36-19(21)22-11)15(26)23-13-16(27)25-14(10(6-30-3)7-35-17(13)25)18(28)33-9(2)34-20(29)31-4/h8-9,13,17H,5-7H2,1-4H3,(H2,21,22)(H,23,26)/t9?,13?,17-/m1/s1. The Morgan fingerprint density at radius 3 is 2.69 bits per heavy atom. The summed E-state index contributed by atoms with van der Waals surface area (Å²) in [5.74, 6) is -1.80. The highest BCUT2D eigenvalue weighted by atomic mass is 32.2. The maximum absolute atomic E-state index is 13.1. The topological polar surface area (TPSA) is 181 Å². The van der Waals surface area contributed by atoms with E-state index in [2.05, 4.69) is 20.2 Å². The van der Waals surface area contributed by atoms with E-state index in [1.165, 1.54) is 30.7 Å². The van der Waals surface area contributed by atoms with Crippen molar-refractivity contribution in [3.63, 3.8) is 0 Å². The average Bonchev–Trinajstić information content (AvgIpc) is 3.28. The molecule has 1 aromatic heterocycles. The number of carbonyl (C=O) groups excluding carboxylic acids is 4. The predicted octanol–water partition coefficient (Wildman–Crippen LogP) is 0.439. The van der Waals surface area contributed by atoms with Gasteiger partial charge in [0.15, 0.2) is 10.8 Å². The van der Waals surface area contributed by atoms with E-state index in [1.807, 2.05) is 0 Å². The second-order valence-corrected chi connectivity index (χ2v) is 9.21. The Balaban J connectivity index is 1.77. The van der Waals surface area contributed by atoms with Crippen LogP contribution < -0.4 is 11.1 Å². The SMILES string of the molecule is CCON=C(C(=O)NC1C(=O)N2C(C(=O)OC(C)OC(=O)OC)=C(COC)CS[C@H]12)c1csc(N)n1. The first-order valence-corrected chi connectivity index (χ1v) is 12.5. The number of thioether (sulfide) groups is 1. The molecule has 3 atom stereocenters. The lowest BCUT2D eigenvalue weighted by Gasteiger charge is -2.49. The van der Waals surface area contributed by atoms with Gasteiger partial charge in [0, 0.05) is 25.2 Å². The number of nitrogens with zero attached hydrogens (tertiary/aromatic N) is 3. The fraction of sp³-hybridized carbons (Fsp3) is 0.500. The Bertz CT molecular complexity index is 1090. The van der Waals surface area contributed by atoms with Crippen molar-refractivity contribution in [3.8, 4) is 0 Å². The Hall–Kier alpha value is -3.37. The van der Waals surface area contributed by atoms with Gasteiger partial charge in [-0.2, -0.15) is 0 Å². The highest BCUT2D eigenvalue weighted by Gasteiger charge is 2.55. The van der Waals surface area contributed by atoms with E-state index < -0.39 is 41.6 Å². The minimum Gasteiger partial charge on any atom is -0.438 e. The molecule has 3 heterocycles. The van der Waals surface area contributed by atoms with Crippen LogP contribution in [0.2, 0.25) is 0 Å². The van der Waals surface area contributed by atoms with Crippen LogP contribution in [-0.2, 0) is 38.2 Å². The maximum Gasteiger partial charge on any atom is 0.511 e. The van der Waals surface area contributed by atoms with Crippen molar-refractivity contribution in [1.29, 1.82) is 0 Å². The molecule has 0 radical (unpaired) electrons. The molecule has 14 nitrogen and oxygen atoms in total. The summed E-state index contributed by atoms with van der Waals surface area (Å²) in [7, 11) is 2.56. The zero-order valence-corrected chi connectivity index (χ0v) is 21.5. The van der Waals surface area contributed by atoms with Gasteiger partial charge in [-0.1, -0.05) is 5.16 Å². The van der Waals surface area contributed by atoms with E-state index in [1.54, 1.807) is 12.3 Å². The zero-order valence-electron chi connectivity index (χ0n) is 19.8. The number of fused-ring (bicyclic) bond motifs is 1. The van der Waals surface area contributed by atoms with E-state index in [0.717, 1.165) is 18.4 Å². The smallest absolute Gasteiger partial charge is 0.438 e. The molecule has 0 saturated carbocycles. The van der Waals surface area contributed by atoms with Gasteiger partial charge in [-0.3, -0.25) is 14.5 Å². The molecule has 0 spiro atoms. The van der Waals surface area contributed by atoms with Crippen molar-refractivity contribution in [1.82, 2.24) is 15.2 Å². The van der Waals surface area contributed by atoms with Crippen molar-refractivity contribution >= 4 is 57.9 Å². The molecule has 36 heavy (non-hydrogen) atoms. The largest absolute Gasteiger partial charge is 0.511 e. The number of hydrogen-bond acceptors (Lipinski definition) is 14. The molecule has 3 rings (SSSR count). The molecule has 0 aliphatic carbocycles. The number of nitrogens with two attached hydrogens (primary N) is 1. The monoisotopic (exact) mass is 543 g/mol. The van der Waals surface area contributed by atoms with E-state index >= 15 is 0 Å². The lowest BCUT2D eigenvalue weighted by Crippen LogP contribution is -2.71. The number of aromatic nitrogens is 1. The number of nitrogen functional groups attached to an aromatic ring is 1. The van der Waals surface area contributed by atoms with Crippen LogP contribution in [0.3, 0.4) is 0 Å². The summed E-state index contributed by atoms with van der Waals surface area (Å²) in [4.78, 5) is 60.6. The van der Waals surface area contributed by atoms with E-state index in [4.69, 9.17) is 24.8 Å². The van der Waals surface area contributed by atoms with Crippen LogP contribution in [0.5, 0.6) is 0 Å². The van der Waals surface area contributed by atoms with Gasteiger partial charge in [-0.05, 0) is 12.5 Å². The van der Waals surface area contributed by atoms with Crippen molar-refractivity contribution in [2.45, 2.75) is 31.6 Å². The Morgan fingerprint density at radius 1 is 1.33 bits per heavy atom. The third-order valence-corrected chi connectivity index (χ3v) is 6.83. The molecule has 3 N–H and O–H groups in total. The number of ether oxygens (including phenoxy) is 4. The number of carbonyl (C=O) groups is 4. The number of rotatable bonds is 10. The summed E-state index contributed by atoms with van der Waals surface area (Å²) in [5, 5.41) is 7.63. The quantitative estimate of drug-likeness (QED) is 0.137. The lowest BCUT2D eigenvalue weighted by molar-refractivity contribution is -0.168. The molecular formula is C20H25N5O9S2. The average molecular weight is 544 g/mol. The van der Waals surface area contributed by atoms with Gasteiger partial charge in [0.25, 0.3) is 11.8 Å².